The Balaban J connectivity index is 2.83. The highest BCUT2D eigenvalue weighted by molar-refractivity contribution is 9.10. The molecule has 1 aliphatic carbocycles. The Morgan fingerprint density at radius 2 is 1.92 bits per heavy atom. The van der Waals surface area contributed by atoms with Crippen molar-refractivity contribution in [2.75, 3.05) is 5.43 Å². The number of nitriles is 1. The van der Waals surface area contributed by atoms with Gasteiger partial charge in [-0.2, -0.15) is 10.4 Å². The van der Waals surface area contributed by atoms with E-state index in [-0.39, 0.29) is 27.2 Å². The van der Waals surface area contributed by atoms with Crippen molar-refractivity contribution >= 4 is 38.9 Å². The van der Waals surface area contributed by atoms with Gasteiger partial charge in [0.05, 0.1) is 16.2 Å². The molecule has 0 spiro atoms. The van der Waals surface area contributed by atoms with Crippen LogP contribution in [-0.2, 0) is 10.8 Å². The number of nitro benzene ring substituents is 1. The molecule has 0 saturated carbocycles. The first kappa shape index (κ1) is 19.8. The average Bonchev–Trinajstić information content (AvgIpc) is 2.66. The van der Waals surface area contributed by atoms with E-state index >= 15 is 0 Å². The summed E-state index contributed by atoms with van der Waals surface area (Å²) in [5.41, 5.74) is 9.52. The summed E-state index contributed by atoms with van der Waals surface area (Å²) in [6.45, 7) is 9.76. The highest BCUT2D eigenvalue weighted by Crippen LogP contribution is 2.57. The first-order chi connectivity index (χ1) is 11.8. The molecule has 1 aliphatic rings. The minimum Gasteiger partial charge on any atom is -0.382 e. The molecule has 0 amide bonds. The molecule has 26 heavy (non-hydrogen) atoms. The predicted molar refractivity (Wildman–Crippen MR) is 105 cm³/mol. The monoisotopic (exact) mass is 420 g/mol. The average molecular weight is 421 g/mol. The summed E-state index contributed by atoms with van der Waals surface area (Å²) in [4.78, 5) is 11.5. The number of hydrogen-bond donors (Lipinski definition) is 3. The number of halogens is 1. The fourth-order valence-electron chi connectivity index (χ4n) is 4.02. The van der Waals surface area contributed by atoms with Crippen molar-refractivity contribution in [3.8, 4) is 6.07 Å². The van der Waals surface area contributed by atoms with Gasteiger partial charge < -0.3 is 5.73 Å². The van der Waals surface area contributed by atoms with Gasteiger partial charge >= 0.3 is 0 Å². The molecule has 0 aliphatic heterocycles. The van der Waals surface area contributed by atoms with E-state index in [9.17, 15) is 10.1 Å². The third-order valence-corrected chi connectivity index (χ3v) is 5.51. The number of hydrazone groups is 1. The van der Waals surface area contributed by atoms with E-state index in [1.807, 2.05) is 27.7 Å². The van der Waals surface area contributed by atoms with Gasteiger partial charge in [0.1, 0.15) is 6.07 Å². The van der Waals surface area contributed by atoms with Gasteiger partial charge in [0.25, 0.3) is 5.69 Å². The molecule has 0 aromatic heterocycles. The SMILES string of the molecule is Cc1c(N/N=C(\C#N)C(=N)N)c(Br)c2c(c1[N+](=O)[O-])C(C)(C)CC2(C)C. The fourth-order valence-corrected chi connectivity index (χ4v) is 5.14. The van der Waals surface area contributed by atoms with Crippen molar-refractivity contribution in [2.24, 2.45) is 10.8 Å². The lowest BCUT2D eigenvalue weighted by atomic mass is 9.81. The molecular weight excluding hydrogens is 400 g/mol. The van der Waals surface area contributed by atoms with Crippen LogP contribution in [0.5, 0.6) is 0 Å². The van der Waals surface area contributed by atoms with Crippen LogP contribution < -0.4 is 11.2 Å². The molecule has 0 saturated heterocycles. The number of rotatable bonds is 4. The zero-order chi connectivity index (χ0) is 20.0. The molecule has 1 aromatic carbocycles. The van der Waals surface area contributed by atoms with E-state index in [0.717, 1.165) is 17.5 Å². The van der Waals surface area contributed by atoms with Gasteiger partial charge in [-0.25, -0.2) is 0 Å². The Hall–Kier alpha value is -2.47. The van der Waals surface area contributed by atoms with Gasteiger partial charge in [-0.3, -0.25) is 20.9 Å². The summed E-state index contributed by atoms with van der Waals surface area (Å²) >= 11 is 3.58. The maximum absolute atomic E-state index is 11.9. The Morgan fingerprint density at radius 3 is 2.38 bits per heavy atom. The number of nitro groups is 1. The van der Waals surface area contributed by atoms with Crippen LogP contribution in [0.25, 0.3) is 0 Å². The standard InChI is InChI=1S/C17H21BrN6O2/c1-8-13(23-22-9(6-19)15(20)21)12(18)10-11(14(8)24(25)26)17(4,5)7-16(10,2)3/h23H,7H2,1-5H3,(H3,20,21)/b22-9+. The van der Waals surface area contributed by atoms with E-state index < -0.39 is 5.84 Å². The Bertz CT molecular complexity index is 896. The molecule has 9 heteroatoms. The van der Waals surface area contributed by atoms with Crippen LogP contribution in [0.4, 0.5) is 11.4 Å². The number of benzene rings is 1. The Morgan fingerprint density at radius 1 is 1.38 bits per heavy atom. The summed E-state index contributed by atoms with van der Waals surface area (Å²) in [6, 6.07) is 1.72. The molecule has 0 heterocycles. The number of anilines is 1. The number of nitrogens with one attached hydrogen (secondary N) is 2. The maximum Gasteiger partial charge on any atom is 0.278 e. The second kappa shape index (κ2) is 6.36. The predicted octanol–water partition coefficient (Wildman–Crippen LogP) is 3.85. The lowest BCUT2D eigenvalue weighted by Crippen LogP contribution is -2.22. The van der Waals surface area contributed by atoms with Crippen LogP contribution in [0, 0.1) is 33.8 Å². The molecular formula is C17H21BrN6O2. The van der Waals surface area contributed by atoms with Gasteiger partial charge in [0.2, 0.25) is 5.71 Å². The van der Waals surface area contributed by atoms with Crippen molar-refractivity contribution in [2.45, 2.75) is 51.9 Å². The van der Waals surface area contributed by atoms with Crippen LogP contribution >= 0.6 is 15.9 Å². The molecule has 1 aromatic rings. The van der Waals surface area contributed by atoms with Gasteiger partial charge in [0.15, 0.2) is 5.84 Å². The molecule has 2 rings (SSSR count). The van der Waals surface area contributed by atoms with Crippen LogP contribution in [-0.4, -0.2) is 16.5 Å². The summed E-state index contributed by atoms with van der Waals surface area (Å²) in [5.74, 6) is -0.481. The van der Waals surface area contributed by atoms with Gasteiger partial charge in [-0.1, -0.05) is 27.7 Å². The van der Waals surface area contributed by atoms with E-state index in [1.54, 1.807) is 13.0 Å². The second-order valence-electron chi connectivity index (χ2n) is 7.71. The van der Waals surface area contributed by atoms with E-state index in [2.05, 4.69) is 26.5 Å². The lowest BCUT2D eigenvalue weighted by Gasteiger charge is -2.23. The smallest absolute Gasteiger partial charge is 0.278 e. The van der Waals surface area contributed by atoms with E-state index in [1.165, 1.54) is 0 Å². The van der Waals surface area contributed by atoms with Gasteiger partial charge in [-0.05, 0) is 45.7 Å². The first-order valence-corrected chi connectivity index (χ1v) is 8.74. The Labute approximate surface area is 160 Å². The van der Waals surface area contributed by atoms with Crippen LogP contribution in [0.3, 0.4) is 0 Å². The Kier molecular flexibility index (Phi) is 4.85. The minimum absolute atomic E-state index is 0.0535. The molecule has 0 radical (unpaired) electrons. The number of nitrogens with zero attached hydrogens (tertiary/aromatic N) is 3. The normalized spacial score (nSPS) is 17.3. The lowest BCUT2D eigenvalue weighted by molar-refractivity contribution is -0.386. The van der Waals surface area contributed by atoms with Crippen molar-refractivity contribution in [1.29, 1.82) is 10.7 Å². The number of amidine groups is 1. The van der Waals surface area contributed by atoms with E-state index in [0.29, 0.717) is 15.7 Å². The molecule has 138 valence electrons. The summed E-state index contributed by atoms with van der Waals surface area (Å²) in [7, 11) is 0. The van der Waals surface area contributed by atoms with Crippen molar-refractivity contribution < 1.29 is 4.92 Å². The minimum atomic E-state index is -0.481. The third kappa shape index (κ3) is 3.05. The van der Waals surface area contributed by atoms with Crippen molar-refractivity contribution in [3.05, 3.63) is 31.3 Å². The van der Waals surface area contributed by atoms with Crippen LogP contribution in [0.1, 0.15) is 50.8 Å². The molecule has 0 unspecified atom stereocenters. The summed E-state index contributed by atoms with van der Waals surface area (Å²) in [5, 5.41) is 32.1. The molecule has 0 fully saturated rings. The summed E-state index contributed by atoms with van der Waals surface area (Å²) < 4.78 is 0.677. The zero-order valence-electron chi connectivity index (χ0n) is 15.3. The number of hydrogen-bond acceptors (Lipinski definition) is 6. The quantitative estimate of drug-likeness (QED) is 0.293. The van der Waals surface area contributed by atoms with Gasteiger partial charge in [-0.15, -0.1) is 0 Å². The molecule has 8 nitrogen and oxygen atoms in total. The molecule has 4 N–H and O–H groups in total. The van der Waals surface area contributed by atoms with Crippen LogP contribution in [0.2, 0.25) is 0 Å². The highest BCUT2D eigenvalue weighted by Gasteiger charge is 2.49. The van der Waals surface area contributed by atoms with Crippen LogP contribution in [0.15, 0.2) is 9.57 Å². The maximum atomic E-state index is 11.9. The van der Waals surface area contributed by atoms with Crippen molar-refractivity contribution in [1.82, 2.24) is 0 Å². The largest absolute Gasteiger partial charge is 0.382 e. The second-order valence-corrected chi connectivity index (χ2v) is 8.50. The third-order valence-electron chi connectivity index (χ3n) is 4.72. The zero-order valence-corrected chi connectivity index (χ0v) is 16.9. The van der Waals surface area contributed by atoms with Crippen molar-refractivity contribution in [3.63, 3.8) is 0 Å². The molecule has 0 atom stereocenters. The van der Waals surface area contributed by atoms with E-state index in [4.69, 9.17) is 16.4 Å². The first-order valence-electron chi connectivity index (χ1n) is 7.94. The number of fused-ring (bicyclic) bond motifs is 1. The van der Waals surface area contributed by atoms with Gasteiger partial charge in [0, 0.05) is 10.0 Å². The summed E-state index contributed by atoms with van der Waals surface area (Å²) in [6.07, 6.45) is 0.762. The topological polar surface area (TPSA) is 141 Å². The fraction of sp³-hybridized carbons (Fsp3) is 0.471. The number of nitrogens with two attached hydrogens (primary N) is 1. The molecule has 0 bridgehead atoms. The highest BCUT2D eigenvalue weighted by atomic mass is 79.9.